The SMILES string of the molecule is CNC(=O)Cc1cccc(-c2nn(-c3c(F)cccc3F)c3cc[nH]c(=O)c23)c1. The average molecular weight is 394 g/mol. The molecule has 0 saturated heterocycles. The van der Waals surface area contributed by atoms with Crippen LogP contribution >= 0.6 is 0 Å². The lowest BCUT2D eigenvalue weighted by atomic mass is 10.0. The van der Waals surface area contributed by atoms with Crippen molar-refractivity contribution < 1.29 is 13.6 Å². The lowest BCUT2D eigenvalue weighted by Gasteiger charge is -2.06. The number of hydrogen-bond donors (Lipinski definition) is 2. The fourth-order valence-corrected chi connectivity index (χ4v) is 3.24. The van der Waals surface area contributed by atoms with Gasteiger partial charge in [0, 0.05) is 18.8 Å². The summed E-state index contributed by atoms with van der Waals surface area (Å²) in [5.41, 5.74) is 1.01. The Bertz CT molecular complexity index is 1270. The second kappa shape index (κ2) is 7.31. The van der Waals surface area contributed by atoms with Gasteiger partial charge in [0.15, 0.2) is 11.6 Å². The molecule has 0 saturated carbocycles. The molecule has 2 aromatic heterocycles. The van der Waals surface area contributed by atoms with Crippen molar-refractivity contribution in [3.63, 3.8) is 0 Å². The second-order valence-corrected chi connectivity index (χ2v) is 6.45. The maximum Gasteiger partial charge on any atom is 0.259 e. The van der Waals surface area contributed by atoms with Gasteiger partial charge in [0.05, 0.1) is 17.3 Å². The van der Waals surface area contributed by atoms with Crippen molar-refractivity contribution in [2.45, 2.75) is 6.42 Å². The molecule has 0 bridgehead atoms. The molecule has 0 radical (unpaired) electrons. The Kier molecular flexibility index (Phi) is 4.67. The van der Waals surface area contributed by atoms with Crippen LogP contribution in [0.2, 0.25) is 0 Å². The number of para-hydroxylation sites is 1. The van der Waals surface area contributed by atoms with E-state index in [1.807, 2.05) is 0 Å². The fourth-order valence-electron chi connectivity index (χ4n) is 3.24. The molecule has 2 heterocycles. The summed E-state index contributed by atoms with van der Waals surface area (Å²) in [4.78, 5) is 26.8. The third-order valence-electron chi connectivity index (χ3n) is 4.60. The van der Waals surface area contributed by atoms with Crippen molar-refractivity contribution in [3.05, 3.63) is 82.3 Å². The molecule has 0 aliphatic rings. The van der Waals surface area contributed by atoms with Gasteiger partial charge < -0.3 is 10.3 Å². The summed E-state index contributed by atoms with van der Waals surface area (Å²) in [5.74, 6) is -1.76. The number of benzene rings is 2. The van der Waals surface area contributed by atoms with Crippen molar-refractivity contribution in [1.82, 2.24) is 20.1 Å². The number of amides is 1. The fraction of sp³-hybridized carbons (Fsp3) is 0.0952. The lowest BCUT2D eigenvalue weighted by Crippen LogP contribution is -2.19. The third-order valence-corrected chi connectivity index (χ3v) is 4.60. The van der Waals surface area contributed by atoms with E-state index in [2.05, 4.69) is 15.4 Å². The smallest absolute Gasteiger partial charge is 0.259 e. The summed E-state index contributed by atoms with van der Waals surface area (Å²) in [5, 5.41) is 7.12. The van der Waals surface area contributed by atoms with Crippen LogP contribution in [0.25, 0.3) is 27.8 Å². The molecule has 0 atom stereocenters. The molecule has 4 aromatic rings. The molecule has 0 fully saturated rings. The van der Waals surface area contributed by atoms with Gasteiger partial charge in [-0.05, 0) is 29.8 Å². The number of carbonyl (C=O) groups excluding carboxylic acids is 1. The number of H-pyrrole nitrogens is 1. The largest absolute Gasteiger partial charge is 0.359 e. The number of aromatic nitrogens is 3. The number of nitrogens with zero attached hydrogens (tertiary/aromatic N) is 2. The molecule has 29 heavy (non-hydrogen) atoms. The number of nitrogens with one attached hydrogen (secondary N) is 2. The van der Waals surface area contributed by atoms with E-state index in [0.29, 0.717) is 11.1 Å². The molecule has 6 nitrogen and oxygen atoms in total. The van der Waals surface area contributed by atoms with Crippen LogP contribution in [-0.2, 0) is 11.2 Å². The highest BCUT2D eigenvalue weighted by atomic mass is 19.1. The molecule has 4 rings (SSSR count). The minimum Gasteiger partial charge on any atom is -0.359 e. The number of hydrogen-bond acceptors (Lipinski definition) is 3. The maximum atomic E-state index is 14.4. The van der Waals surface area contributed by atoms with Gasteiger partial charge in [-0.15, -0.1) is 0 Å². The molecule has 0 spiro atoms. The molecule has 2 N–H and O–H groups in total. The minimum atomic E-state index is -0.797. The van der Waals surface area contributed by atoms with E-state index in [1.54, 1.807) is 31.3 Å². The Morgan fingerprint density at radius 1 is 1.14 bits per heavy atom. The van der Waals surface area contributed by atoms with Crippen LogP contribution in [0.15, 0.2) is 59.5 Å². The topological polar surface area (TPSA) is 79.8 Å². The number of likely N-dealkylation sites (N-methyl/N-ethyl adjacent to an activating group) is 1. The van der Waals surface area contributed by atoms with E-state index in [0.717, 1.165) is 16.8 Å². The maximum absolute atomic E-state index is 14.4. The molecule has 0 unspecified atom stereocenters. The summed E-state index contributed by atoms with van der Waals surface area (Å²) in [6, 6.07) is 12.0. The Morgan fingerprint density at radius 3 is 2.59 bits per heavy atom. The zero-order valence-electron chi connectivity index (χ0n) is 15.4. The summed E-state index contributed by atoms with van der Waals surface area (Å²) < 4.78 is 29.9. The van der Waals surface area contributed by atoms with Crippen molar-refractivity contribution in [1.29, 1.82) is 0 Å². The van der Waals surface area contributed by atoms with Gasteiger partial charge in [0.2, 0.25) is 5.91 Å². The highest BCUT2D eigenvalue weighted by Crippen LogP contribution is 2.29. The molecule has 146 valence electrons. The number of aromatic amines is 1. The van der Waals surface area contributed by atoms with Crippen LogP contribution in [0.4, 0.5) is 8.78 Å². The highest BCUT2D eigenvalue weighted by molar-refractivity contribution is 5.93. The van der Waals surface area contributed by atoms with Crippen LogP contribution in [0, 0.1) is 11.6 Å². The quantitative estimate of drug-likeness (QED) is 0.559. The van der Waals surface area contributed by atoms with E-state index in [4.69, 9.17) is 0 Å². The Labute approximate surface area is 163 Å². The summed E-state index contributed by atoms with van der Waals surface area (Å²) in [6.45, 7) is 0. The Morgan fingerprint density at radius 2 is 1.86 bits per heavy atom. The number of fused-ring (bicyclic) bond motifs is 1. The predicted octanol–water partition coefficient (Wildman–Crippen LogP) is 2.95. The second-order valence-electron chi connectivity index (χ2n) is 6.45. The van der Waals surface area contributed by atoms with E-state index >= 15 is 0 Å². The Hall–Kier alpha value is -3.81. The van der Waals surface area contributed by atoms with Crippen LogP contribution in [0.5, 0.6) is 0 Å². The van der Waals surface area contributed by atoms with Gasteiger partial charge in [-0.1, -0.05) is 24.3 Å². The predicted molar refractivity (Wildman–Crippen MR) is 105 cm³/mol. The molecule has 0 aliphatic carbocycles. The van der Waals surface area contributed by atoms with Crippen molar-refractivity contribution in [3.8, 4) is 16.9 Å². The van der Waals surface area contributed by atoms with Crippen LogP contribution in [-0.4, -0.2) is 27.7 Å². The molecule has 1 amide bonds. The van der Waals surface area contributed by atoms with Gasteiger partial charge in [0.1, 0.15) is 11.4 Å². The lowest BCUT2D eigenvalue weighted by molar-refractivity contribution is -0.119. The Balaban J connectivity index is 1.97. The average Bonchev–Trinajstić information content (AvgIpc) is 3.09. The highest BCUT2D eigenvalue weighted by Gasteiger charge is 2.21. The first kappa shape index (κ1) is 18.5. The number of carbonyl (C=O) groups is 1. The van der Waals surface area contributed by atoms with E-state index in [-0.39, 0.29) is 34.6 Å². The monoisotopic (exact) mass is 394 g/mol. The normalized spacial score (nSPS) is 11.0. The van der Waals surface area contributed by atoms with E-state index in [9.17, 15) is 18.4 Å². The van der Waals surface area contributed by atoms with Gasteiger partial charge in [-0.3, -0.25) is 9.59 Å². The molecule has 0 aliphatic heterocycles. The standard InChI is InChI=1S/C21H16F2N4O2/c1-24-17(28)11-12-4-2-5-13(10-12)19-18-16(8-9-25-21(18)29)27(26-19)20-14(22)6-3-7-15(20)23/h2-10H,11H2,1H3,(H,24,28)(H,25,29). The number of pyridine rings is 1. The minimum absolute atomic E-state index is 0.154. The number of rotatable bonds is 4. The van der Waals surface area contributed by atoms with Crippen LogP contribution in [0.1, 0.15) is 5.56 Å². The van der Waals surface area contributed by atoms with Gasteiger partial charge in [-0.25, -0.2) is 13.5 Å². The molecular formula is C21H16F2N4O2. The number of halogens is 2. The summed E-state index contributed by atoms with van der Waals surface area (Å²) in [7, 11) is 1.55. The zero-order chi connectivity index (χ0) is 20.5. The summed E-state index contributed by atoms with van der Waals surface area (Å²) in [6.07, 6.45) is 1.55. The van der Waals surface area contributed by atoms with E-state index in [1.165, 1.54) is 18.3 Å². The first-order valence-electron chi connectivity index (χ1n) is 8.84. The molecule has 2 aromatic carbocycles. The van der Waals surface area contributed by atoms with Gasteiger partial charge in [0.25, 0.3) is 5.56 Å². The summed E-state index contributed by atoms with van der Waals surface area (Å²) >= 11 is 0. The molecule has 8 heteroatoms. The van der Waals surface area contributed by atoms with Crippen molar-refractivity contribution in [2.75, 3.05) is 7.05 Å². The zero-order valence-corrected chi connectivity index (χ0v) is 15.4. The van der Waals surface area contributed by atoms with Crippen molar-refractivity contribution >= 4 is 16.8 Å². The van der Waals surface area contributed by atoms with Crippen LogP contribution in [0.3, 0.4) is 0 Å². The van der Waals surface area contributed by atoms with Gasteiger partial charge >= 0.3 is 0 Å². The van der Waals surface area contributed by atoms with E-state index < -0.39 is 17.2 Å². The van der Waals surface area contributed by atoms with Gasteiger partial charge in [-0.2, -0.15) is 5.10 Å². The first-order chi connectivity index (χ1) is 14.0. The third kappa shape index (κ3) is 3.29. The molecular weight excluding hydrogens is 378 g/mol. The first-order valence-corrected chi connectivity index (χ1v) is 8.84. The van der Waals surface area contributed by atoms with Crippen molar-refractivity contribution in [2.24, 2.45) is 0 Å². The van der Waals surface area contributed by atoms with Crippen LogP contribution < -0.4 is 10.9 Å².